The lowest BCUT2D eigenvalue weighted by molar-refractivity contribution is 0.0694. The van der Waals surface area contributed by atoms with Gasteiger partial charge in [-0.25, -0.2) is 13.1 Å². The van der Waals surface area contributed by atoms with Crippen LogP contribution in [0.5, 0.6) is 5.75 Å². The summed E-state index contributed by atoms with van der Waals surface area (Å²) in [5.74, 6) is 1.57. The van der Waals surface area contributed by atoms with E-state index in [1.165, 1.54) is 7.05 Å². The molecule has 7 nitrogen and oxygen atoms in total. The molecule has 170 valence electrons. The molecule has 1 aliphatic rings. The molecule has 9 heteroatoms. The molecule has 0 saturated carbocycles. The third-order valence-electron chi connectivity index (χ3n) is 5.06. The van der Waals surface area contributed by atoms with E-state index >= 15 is 0 Å². The number of fused-ring (bicyclic) bond motifs is 1. The van der Waals surface area contributed by atoms with Crippen molar-refractivity contribution >= 4 is 40.0 Å². The molecule has 0 radical (unpaired) electrons. The van der Waals surface area contributed by atoms with Crippen LogP contribution in [0.2, 0.25) is 0 Å². The fourth-order valence-corrected chi connectivity index (χ4v) is 4.30. The van der Waals surface area contributed by atoms with Crippen LogP contribution in [-0.2, 0) is 22.3 Å². The van der Waals surface area contributed by atoms with Crippen molar-refractivity contribution in [2.75, 3.05) is 14.1 Å². The van der Waals surface area contributed by atoms with E-state index in [9.17, 15) is 8.42 Å². The summed E-state index contributed by atoms with van der Waals surface area (Å²) in [6.45, 7) is 4.75. The van der Waals surface area contributed by atoms with Gasteiger partial charge in [-0.2, -0.15) is 0 Å². The first kappa shape index (κ1) is 25.4. The Kier molecular flexibility index (Phi) is 8.73. The first-order chi connectivity index (χ1) is 14.2. The van der Waals surface area contributed by atoms with Crippen molar-refractivity contribution in [1.29, 1.82) is 0 Å². The molecule has 1 atom stereocenters. The fourth-order valence-electron chi connectivity index (χ4n) is 3.52. The molecule has 2 aromatic carbocycles. The summed E-state index contributed by atoms with van der Waals surface area (Å²) in [6.07, 6.45) is 0.819. The normalized spacial score (nSPS) is 17.7. The number of benzene rings is 2. The zero-order valence-electron chi connectivity index (χ0n) is 18.3. The molecule has 1 heterocycles. The van der Waals surface area contributed by atoms with E-state index in [4.69, 9.17) is 4.74 Å². The van der Waals surface area contributed by atoms with E-state index in [0.29, 0.717) is 12.5 Å². The predicted octanol–water partition coefficient (Wildman–Crippen LogP) is 3.32. The number of sulfonamides is 1. The highest BCUT2D eigenvalue weighted by Crippen LogP contribution is 2.39. The average Bonchev–Trinajstić information content (AvgIpc) is 2.71. The Labute approximate surface area is 202 Å². The third kappa shape index (κ3) is 7.08. The lowest BCUT2D eigenvalue weighted by Crippen LogP contribution is -2.45. The standard InChI is InChI=1S/C22H30N4O3S.HI/c1-22(2)13-19(18-7-5-6-8-20(18)29-22)26-21(23-3)25-14-16-9-11-17(12-10-16)15-30(27,28)24-4;/h5-12,19,24H,13-15H2,1-4H3,(H2,23,25,26);1H. The van der Waals surface area contributed by atoms with E-state index in [0.717, 1.165) is 28.9 Å². The second-order valence-electron chi connectivity index (χ2n) is 8.01. The first-order valence-electron chi connectivity index (χ1n) is 9.95. The molecular weight excluding hydrogens is 527 g/mol. The molecule has 0 saturated heterocycles. The predicted molar refractivity (Wildman–Crippen MR) is 135 cm³/mol. The number of halogens is 1. The van der Waals surface area contributed by atoms with Gasteiger partial charge < -0.3 is 15.4 Å². The Morgan fingerprint density at radius 1 is 1.13 bits per heavy atom. The molecule has 0 aromatic heterocycles. The Bertz CT molecular complexity index is 1010. The highest BCUT2D eigenvalue weighted by Gasteiger charge is 2.33. The maximum absolute atomic E-state index is 11.7. The molecule has 0 fully saturated rings. The number of nitrogens with one attached hydrogen (secondary N) is 3. The van der Waals surface area contributed by atoms with Crippen molar-refractivity contribution in [1.82, 2.24) is 15.4 Å². The summed E-state index contributed by atoms with van der Waals surface area (Å²) in [4.78, 5) is 4.36. The van der Waals surface area contributed by atoms with Gasteiger partial charge in [0, 0.05) is 25.6 Å². The molecule has 3 N–H and O–H groups in total. The maximum Gasteiger partial charge on any atom is 0.215 e. The summed E-state index contributed by atoms with van der Waals surface area (Å²) < 4.78 is 31.8. The van der Waals surface area contributed by atoms with E-state index in [-0.39, 0.29) is 41.4 Å². The first-order valence-corrected chi connectivity index (χ1v) is 11.6. The fraction of sp³-hybridized carbons (Fsp3) is 0.409. The second kappa shape index (κ2) is 10.6. The number of hydrogen-bond acceptors (Lipinski definition) is 4. The monoisotopic (exact) mass is 558 g/mol. The van der Waals surface area contributed by atoms with E-state index in [1.807, 2.05) is 42.5 Å². The zero-order valence-corrected chi connectivity index (χ0v) is 21.5. The summed E-state index contributed by atoms with van der Waals surface area (Å²) in [5, 5.41) is 6.85. The van der Waals surface area contributed by atoms with Gasteiger partial charge in [0.15, 0.2) is 5.96 Å². The van der Waals surface area contributed by atoms with Gasteiger partial charge >= 0.3 is 0 Å². The van der Waals surface area contributed by atoms with Crippen molar-refractivity contribution < 1.29 is 13.2 Å². The van der Waals surface area contributed by atoms with E-state index < -0.39 is 10.0 Å². The maximum atomic E-state index is 11.7. The lowest BCUT2D eigenvalue weighted by Gasteiger charge is -2.38. The van der Waals surface area contributed by atoms with Crippen LogP contribution in [0.25, 0.3) is 0 Å². The zero-order chi connectivity index (χ0) is 21.8. The minimum absolute atomic E-state index is 0. The topological polar surface area (TPSA) is 91.8 Å². The van der Waals surface area contributed by atoms with Crippen LogP contribution in [-0.4, -0.2) is 34.1 Å². The van der Waals surface area contributed by atoms with Crippen LogP contribution < -0.4 is 20.1 Å². The van der Waals surface area contributed by atoms with E-state index in [2.05, 4.69) is 40.3 Å². The number of rotatable bonds is 6. The van der Waals surface area contributed by atoms with Crippen molar-refractivity contribution in [3.63, 3.8) is 0 Å². The molecule has 0 amide bonds. The molecule has 0 spiro atoms. The van der Waals surface area contributed by atoms with Gasteiger partial charge in [-0.1, -0.05) is 42.5 Å². The van der Waals surface area contributed by atoms with Gasteiger partial charge in [-0.3, -0.25) is 4.99 Å². The van der Waals surface area contributed by atoms with Crippen LogP contribution in [0.15, 0.2) is 53.5 Å². The lowest BCUT2D eigenvalue weighted by atomic mass is 9.90. The Morgan fingerprint density at radius 3 is 2.42 bits per heavy atom. The van der Waals surface area contributed by atoms with Crippen LogP contribution in [0.4, 0.5) is 0 Å². The van der Waals surface area contributed by atoms with Crippen LogP contribution >= 0.6 is 24.0 Å². The van der Waals surface area contributed by atoms with Gasteiger partial charge in [0.1, 0.15) is 11.4 Å². The molecule has 31 heavy (non-hydrogen) atoms. The van der Waals surface area contributed by atoms with Crippen molar-refractivity contribution in [3.8, 4) is 5.75 Å². The van der Waals surface area contributed by atoms with Gasteiger partial charge in [0.05, 0.1) is 11.8 Å². The number of para-hydroxylation sites is 1. The Balaban J connectivity index is 0.00000341. The van der Waals surface area contributed by atoms with Crippen molar-refractivity contribution in [2.45, 2.75) is 44.2 Å². The highest BCUT2D eigenvalue weighted by atomic mass is 127. The molecule has 3 rings (SSSR count). The number of hydrogen-bond donors (Lipinski definition) is 3. The summed E-state index contributed by atoms with van der Waals surface area (Å²) in [6, 6.07) is 15.7. The number of ether oxygens (including phenoxy) is 1. The SMILES string of the molecule is CN=C(NCc1ccc(CS(=O)(=O)NC)cc1)NC1CC(C)(C)Oc2ccccc21.I. The molecule has 1 unspecified atom stereocenters. The molecule has 2 aromatic rings. The quantitative estimate of drug-likeness (QED) is 0.288. The van der Waals surface area contributed by atoms with Gasteiger partial charge in [-0.15, -0.1) is 24.0 Å². The van der Waals surface area contributed by atoms with Crippen molar-refractivity contribution in [3.05, 3.63) is 65.2 Å². The smallest absolute Gasteiger partial charge is 0.215 e. The summed E-state index contributed by atoms with van der Waals surface area (Å²) in [5.41, 5.74) is 2.64. The number of aliphatic imine (C=N–C) groups is 1. The minimum Gasteiger partial charge on any atom is -0.487 e. The Morgan fingerprint density at radius 2 is 1.77 bits per heavy atom. The molecule has 0 bridgehead atoms. The minimum atomic E-state index is -3.27. The second-order valence-corrected chi connectivity index (χ2v) is 9.93. The summed E-state index contributed by atoms with van der Waals surface area (Å²) in [7, 11) is -0.102. The van der Waals surface area contributed by atoms with Gasteiger partial charge in [0.2, 0.25) is 10.0 Å². The number of guanidine groups is 1. The third-order valence-corrected chi connectivity index (χ3v) is 6.40. The van der Waals surface area contributed by atoms with Crippen LogP contribution in [0, 0.1) is 0 Å². The van der Waals surface area contributed by atoms with E-state index in [1.54, 1.807) is 7.05 Å². The molecular formula is C22H31IN4O3S. The van der Waals surface area contributed by atoms with Crippen LogP contribution in [0.1, 0.15) is 43.0 Å². The average molecular weight is 558 g/mol. The largest absolute Gasteiger partial charge is 0.487 e. The van der Waals surface area contributed by atoms with Gasteiger partial charge in [0.25, 0.3) is 0 Å². The summed E-state index contributed by atoms with van der Waals surface area (Å²) >= 11 is 0. The number of nitrogens with zero attached hydrogens (tertiary/aromatic N) is 1. The Hall–Kier alpha value is -1.85. The van der Waals surface area contributed by atoms with Crippen LogP contribution in [0.3, 0.4) is 0 Å². The highest BCUT2D eigenvalue weighted by molar-refractivity contribution is 14.0. The molecule has 0 aliphatic carbocycles. The van der Waals surface area contributed by atoms with Crippen molar-refractivity contribution in [2.24, 2.45) is 4.99 Å². The van der Waals surface area contributed by atoms with Gasteiger partial charge in [-0.05, 0) is 38.1 Å². The molecule has 1 aliphatic heterocycles.